The normalized spacial score (nSPS) is 11.0. The minimum absolute atomic E-state index is 0.276. The number of hydrogen-bond donors (Lipinski definition) is 1. The standard InChI is InChI=1S/C10H15N3S/c1-4-10(2,3)7-13-9-12-6-8(5-11)14-9/h6H,4,7H2,1-3H3,(H,12,13). The molecule has 4 heteroatoms. The van der Waals surface area contributed by atoms with E-state index in [9.17, 15) is 0 Å². The Balaban J connectivity index is 2.50. The highest BCUT2D eigenvalue weighted by atomic mass is 32.1. The van der Waals surface area contributed by atoms with Crippen LogP contribution in [0.4, 0.5) is 5.13 Å². The summed E-state index contributed by atoms with van der Waals surface area (Å²) in [4.78, 5) is 4.76. The van der Waals surface area contributed by atoms with E-state index in [1.807, 2.05) is 0 Å². The monoisotopic (exact) mass is 209 g/mol. The van der Waals surface area contributed by atoms with Crippen molar-refractivity contribution in [3.8, 4) is 6.07 Å². The van der Waals surface area contributed by atoms with E-state index < -0.39 is 0 Å². The second-order valence-electron chi connectivity index (χ2n) is 4.01. The topological polar surface area (TPSA) is 48.7 Å². The Bertz CT molecular complexity index is 335. The molecular weight excluding hydrogens is 194 g/mol. The molecular formula is C10H15N3S. The van der Waals surface area contributed by atoms with Gasteiger partial charge in [0.05, 0.1) is 6.20 Å². The van der Waals surface area contributed by atoms with E-state index in [1.165, 1.54) is 11.3 Å². The first kappa shape index (κ1) is 11.0. The zero-order valence-electron chi connectivity index (χ0n) is 8.79. The van der Waals surface area contributed by atoms with E-state index in [0.717, 1.165) is 18.1 Å². The Morgan fingerprint density at radius 2 is 2.36 bits per heavy atom. The fourth-order valence-electron chi connectivity index (χ4n) is 0.847. The Labute approximate surface area is 88.8 Å². The SMILES string of the molecule is CCC(C)(C)CNc1ncc(C#N)s1. The Morgan fingerprint density at radius 3 is 2.86 bits per heavy atom. The zero-order valence-corrected chi connectivity index (χ0v) is 9.61. The summed E-state index contributed by atoms with van der Waals surface area (Å²) in [5.41, 5.74) is 0.276. The molecule has 0 saturated heterocycles. The third-order valence-electron chi connectivity index (χ3n) is 2.29. The molecule has 0 unspecified atom stereocenters. The molecule has 0 aliphatic rings. The smallest absolute Gasteiger partial charge is 0.183 e. The maximum Gasteiger partial charge on any atom is 0.183 e. The molecule has 0 fully saturated rings. The molecule has 1 aromatic rings. The summed E-state index contributed by atoms with van der Waals surface area (Å²) in [5.74, 6) is 0. The molecule has 0 spiro atoms. The van der Waals surface area contributed by atoms with Crippen LogP contribution in [-0.2, 0) is 0 Å². The van der Waals surface area contributed by atoms with Gasteiger partial charge in [0, 0.05) is 6.54 Å². The number of rotatable bonds is 4. The summed E-state index contributed by atoms with van der Waals surface area (Å²) in [7, 11) is 0. The number of hydrogen-bond acceptors (Lipinski definition) is 4. The van der Waals surface area contributed by atoms with Crippen LogP contribution >= 0.6 is 11.3 Å². The largest absolute Gasteiger partial charge is 0.361 e. The van der Waals surface area contributed by atoms with Crippen molar-refractivity contribution in [2.75, 3.05) is 11.9 Å². The molecule has 1 aromatic heterocycles. The predicted molar refractivity (Wildman–Crippen MR) is 59.4 cm³/mol. The lowest BCUT2D eigenvalue weighted by Crippen LogP contribution is -2.21. The van der Waals surface area contributed by atoms with E-state index >= 15 is 0 Å². The van der Waals surface area contributed by atoms with E-state index in [1.54, 1.807) is 6.20 Å². The van der Waals surface area contributed by atoms with Crippen LogP contribution in [-0.4, -0.2) is 11.5 Å². The van der Waals surface area contributed by atoms with Crippen molar-refractivity contribution in [3.63, 3.8) is 0 Å². The maximum absolute atomic E-state index is 8.62. The highest BCUT2D eigenvalue weighted by molar-refractivity contribution is 7.16. The molecule has 0 aromatic carbocycles. The highest BCUT2D eigenvalue weighted by Gasteiger charge is 2.15. The summed E-state index contributed by atoms with van der Waals surface area (Å²) in [5, 5.41) is 12.7. The summed E-state index contributed by atoms with van der Waals surface area (Å²) in [6.07, 6.45) is 2.72. The van der Waals surface area contributed by atoms with Crippen molar-refractivity contribution >= 4 is 16.5 Å². The molecule has 14 heavy (non-hydrogen) atoms. The van der Waals surface area contributed by atoms with Gasteiger partial charge in [0.2, 0.25) is 0 Å². The molecule has 0 bridgehead atoms. The van der Waals surface area contributed by atoms with Gasteiger partial charge in [-0.25, -0.2) is 4.98 Å². The van der Waals surface area contributed by atoms with Crippen LogP contribution in [0.15, 0.2) is 6.20 Å². The van der Waals surface area contributed by atoms with Gasteiger partial charge >= 0.3 is 0 Å². The lowest BCUT2D eigenvalue weighted by atomic mass is 9.90. The van der Waals surface area contributed by atoms with Gasteiger partial charge in [0.25, 0.3) is 0 Å². The predicted octanol–water partition coefficient (Wildman–Crippen LogP) is 2.86. The fraction of sp³-hybridized carbons (Fsp3) is 0.600. The number of thiazole rings is 1. The van der Waals surface area contributed by atoms with Crippen LogP contribution in [0.2, 0.25) is 0 Å². The highest BCUT2D eigenvalue weighted by Crippen LogP contribution is 2.22. The van der Waals surface area contributed by atoms with Gasteiger partial charge in [-0.2, -0.15) is 5.26 Å². The van der Waals surface area contributed by atoms with Crippen molar-refractivity contribution in [2.24, 2.45) is 5.41 Å². The van der Waals surface area contributed by atoms with Gasteiger partial charge in [-0.15, -0.1) is 0 Å². The number of anilines is 1. The Hall–Kier alpha value is -1.08. The summed E-state index contributed by atoms with van der Waals surface area (Å²) in [6, 6.07) is 2.07. The molecule has 1 N–H and O–H groups in total. The van der Waals surface area contributed by atoms with E-state index in [0.29, 0.717) is 4.88 Å². The minimum atomic E-state index is 0.276. The molecule has 0 aliphatic carbocycles. The van der Waals surface area contributed by atoms with Crippen molar-refractivity contribution < 1.29 is 0 Å². The average molecular weight is 209 g/mol. The van der Waals surface area contributed by atoms with Gasteiger partial charge in [-0.1, -0.05) is 32.1 Å². The van der Waals surface area contributed by atoms with E-state index in [2.05, 4.69) is 37.1 Å². The van der Waals surface area contributed by atoms with E-state index in [-0.39, 0.29) is 5.41 Å². The molecule has 0 radical (unpaired) electrons. The molecule has 0 amide bonds. The Morgan fingerprint density at radius 1 is 1.64 bits per heavy atom. The maximum atomic E-state index is 8.62. The first-order chi connectivity index (χ1) is 6.57. The second-order valence-corrected chi connectivity index (χ2v) is 5.04. The van der Waals surface area contributed by atoms with Crippen molar-refractivity contribution in [2.45, 2.75) is 27.2 Å². The van der Waals surface area contributed by atoms with Crippen LogP contribution in [0.25, 0.3) is 0 Å². The molecule has 3 nitrogen and oxygen atoms in total. The molecule has 1 rings (SSSR count). The van der Waals surface area contributed by atoms with Gasteiger partial charge in [-0.05, 0) is 11.8 Å². The van der Waals surface area contributed by atoms with Gasteiger partial charge < -0.3 is 5.32 Å². The van der Waals surface area contributed by atoms with Crippen LogP contribution in [0.1, 0.15) is 32.1 Å². The lowest BCUT2D eigenvalue weighted by molar-refractivity contribution is 0.377. The Kier molecular flexibility index (Phi) is 3.48. The number of nitrogens with zero attached hydrogens (tertiary/aromatic N) is 2. The first-order valence-corrected chi connectivity index (χ1v) is 5.49. The number of nitrogens with one attached hydrogen (secondary N) is 1. The van der Waals surface area contributed by atoms with Gasteiger partial charge in [0.15, 0.2) is 5.13 Å². The first-order valence-electron chi connectivity index (χ1n) is 4.67. The molecule has 0 atom stereocenters. The molecule has 0 saturated carbocycles. The summed E-state index contributed by atoms with van der Waals surface area (Å²) < 4.78 is 0. The minimum Gasteiger partial charge on any atom is -0.361 e. The molecule has 1 heterocycles. The van der Waals surface area contributed by atoms with Crippen LogP contribution in [0.5, 0.6) is 0 Å². The van der Waals surface area contributed by atoms with Crippen LogP contribution in [0.3, 0.4) is 0 Å². The average Bonchev–Trinajstić information content (AvgIpc) is 2.63. The number of aromatic nitrogens is 1. The third kappa shape index (κ3) is 3.00. The quantitative estimate of drug-likeness (QED) is 0.829. The van der Waals surface area contributed by atoms with Crippen LogP contribution < -0.4 is 5.32 Å². The van der Waals surface area contributed by atoms with Crippen molar-refractivity contribution in [1.82, 2.24) is 4.98 Å². The van der Waals surface area contributed by atoms with Crippen molar-refractivity contribution in [1.29, 1.82) is 5.26 Å². The lowest BCUT2D eigenvalue weighted by Gasteiger charge is -2.22. The third-order valence-corrected chi connectivity index (χ3v) is 3.15. The van der Waals surface area contributed by atoms with Crippen molar-refractivity contribution in [3.05, 3.63) is 11.1 Å². The number of nitriles is 1. The van der Waals surface area contributed by atoms with E-state index in [4.69, 9.17) is 5.26 Å². The fourth-order valence-corrected chi connectivity index (χ4v) is 1.46. The van der Waals surface area contributed by atoms with Gasteiger partial charge in [0.1, 0.15) is 10.9 Å². The van der Waals surface area contributed by atoms with Gasteiger partial charge in [-0.3, -0.25) is 0 Å². The second kappa shape index (κ2) is 4.43. The summed E-state index contributed by atoms with van der Waals surface area (Å²) >= 11 is 1.40. The molecule has 76 valence electrons. The zero-order chi connectivity index (χ0) is 10.6. The molecule has 0 aliphatic heterocycles. The van der Waals surface area contributed by atoms with Crippen LogP contribution in [0, 0.1) is 16.7 Å². The summed E-state index contributed by atoms with van der Waals surface area (Å²) in [6.45, 7) is 7.48.